The fraction of sp³-hybridized carbons (Fsp3) is 0.571. The zero-order chi connectivity index (χ0) is 16.2. The largest absolute Gasteiger partial charge is 0.458 e. The van der Waals surface area contributed by atoms with E-state index < -0.39 is 23.5 Å². The highest BCUT2D eigenvalue weighted by molar-refractivity contribution is 6.29. The van der Waals surface area contributed by atoms with Gasteiger partial charge in [0.05, 0.1) is 12.4 Å². The summed E-state index contributed by atoms with van der Waals surface area (Å²) >= 11 is 5.62. The second-order valence-corrected chi connectivity index (χ2v) is 6.34. The van der Waals surface area contributed by atoms with Crippen molar-refractivity contribution in [3.63, 3.8) is 0 Å². The lowest BCUT2D eigenvalue weighted by atomic mass is 10.0. The summed E-state index contributed by atoms with van der Waals surface area (Å²) in [5, 5.41) is 2.81. The molecule has 0 aliphatic carbocycles. The molecule has 1 amide bonds. The minimum absolute atomic E-state index is 0.0913. The fourth-order valence-electron chi connectivity index (χ4n) is 1.51. The van der Waals surface area contributed by atoms with E-state index in [1.54, 1.807) is 20.8 Å². The Morgan fingerprint density at radius 1 is 1.24 bits per heavy atom. The molecule has 0 saturated carbocycles. The van der Waals surface area contributed by atoms with Gasteiger partial charge in [-0.15, -0.1) is 0 Å². The Morgan fingerprint density at radius 3 is 2.29 bits per heavy atom. The molecule has 1 heterocycles. The van der Waals surface area contributed by atoms with Crippen LogP contribution in [0.15, 0.2) is 12.4 Å². The van der Waals surface area contributed by atoms with E-state index in [0.717, 1.165) is 0 Å². The van der Waals surface area contributed by atoms with Crippen LogP contribution >= 0.6 is 11.6 Å². The number of hydrogen-bond acceptors (Lipinski definition) is 5. The number of nitrogens with one attached hydrogen (secondary N) is 1. The van der Waals surface area contributed by atoms with Gasteiger partial charge in [0.2, 0.25) is 0 Å². The Kier molecular flexibility index (Phi) is 5.66. The minimum Gasteiger partial charge on any atom is -0.458 e. The first-order valence-electron chi connectivity index (χ1n) is 6.61. The van der Waals surface area contributed by atoms with Crippen LogP contribution in [-0.2, 0) is 9.53 Å². The summed E-state index contributed by atoms with van der Waals surface area (Å²) in [5.74, 6) is -1.10. The van der Waals surface area contributed by atoms with Gasteiger partial charge in [-0.2, -0.15) is 0 Å². The van der Waals surface area contributed by atoms with Crippen LogP contribution in [0.2, 0.25) is 5.15 Å². The van der Waals surface area contributed by atoms with Gasteiger partial charge >= 0.3 is 5.97 Å². The van der Waals surface area contributed by atoms with Gasteiger partial charge in [0.25, 0.3) is 5.91 Å². The maximum absolute atomic E-state index is 12.1. The highest BCUT2D eigenvalue weighted by Crippen LogP contribution is 2.13. The number of amides is 1. The number of aromatic nitrogens is 2. The Labute approximate surface area is 129 Å². The van der Waals surface area contributed by atoms with Crippen LogP contribution in [-0.4, -0.2) is 33.5 Å². The minimum atomic E-state index is -0.755. The number of carbonyl (C=O) groups excluding carboxylic acids is 2. The summed E-state index contributed by atoms with van der Waals surface area (Å²) in [5.41, 5.74) is -0.525. The van der Waals surface area contributed by atoms with E-state index in [-0.39, 0.29) is 16.8 Å². The molecule has 0 unspecified atom stereocenters. The molecule has 0 aromatic carbocycles. The van der Waals surface area contributed by atoms with Crippen molar-refractivity contribution in [1.82, 2.24) is 15.3 Å². The average molecular weight is 314 g/mol. The van der Waals surface area contributed by atoms with Crippen LogP contribution in [0, 0.1) is 5.92 Å². The quantitative estimate of drug-likeness (QED) is 0.862. The van der Waals surface area contributed by atoms with Crippen LogP contribution in [0.3, 0.4) is 0 Å². The third-order valence-corrected chi connectivity index (χ3v) is 2.66. The van der Waals surface area contributed by atoms with Gasteiger partial charge in [0.15, 0.2) is 0 Å². The van der Waals surface area contributed by atoms with Crippen molar-refractivity contribution in [1.29, 1.82) is 0 Å². The van der Waals surface area contributed by atoms with Crippen LogP contribution in [0.1, 0.15) is 45.1 Å². The third kappa shape index (κ3) is 5.67. The van der Waals surface area contributed by atoms with E-state index in [2.05, 4.69) is 15.3 Å². The number of hydrogen-bond donors (Lipinski definition) is 1. The molecule has 0 radical (unpaired) electrons. The van der Waals surface area contributed by atoms with Gasteiger partial charge < -0.3 is 10.1 Å². The second kappa shape index (κ2) is 6.85. The number of nitrogens with zero attached hydrogens (tertiary/aromatic N) is 2. The predicted molar refractivity (Wildman–Crippen MR) is 79.0 cm³/mol. The molecule has 1 aromatic heterocycles. The molecule has 0 bridgehead atoms. The van der Waals surface area contributed by atoms with Crippen LogP contribution in [0.5, 0.6) is 0 Å². The highest BCUT2D eigenvalue weighted by atomic mass is 35.5. The summed E-state index contributed by atoms with van der Waals surface area (Å²) < 4.78 is 5.31. The van der Waals surface area contributed by atoms with Gasteiger partial charge in [-0.25, -0.2) is 14.8 Å². The summed E-state index contributed by atoms with van der Waals surface area (Å²) in [6.45, 7) is 8.96. The topological polar surface area (TPSA) is 81.2 Å². The zero-order valence-corrected chi connectivity index (χ0v) is 13.6. The van der Waals surface area contributed by atoms with E-state index in [1.165, 1.54) is 12.4 Å². The number of rotatable bonds is 4. The monoisotopic (exact) mass is 313 g/mol. The molecular formula is C14H20ClN3O3. The summed E-state index contributed by atoms with van der Waals surface area (Å²) in [6.07, 6.45) is 2.53. The molecule has 6 nitrogen and oxygen atoms in total. The van der Waals surface area contributed by atoms with Crippen molar-refractivity contribution in [2.75, 3.05) is 0 Å². The van der Waals surface area contributed by atoms with Crippen LogP contribution in [0.25, 0.3) is 0 Å². The molecule has 7 heteroatoms. The summed E-state index contributed by atoms with van der Waals surface area (Å²) in [6, 6.07) is -0.755. The van der Waals surface area contributed by atoms with Gasteiger partial charge in [0.1, 0.15) is 22.5 Å². The van der Waals surface area contributed by atoms with E-state index in [0.29, 0.717) is 0 Å². The van der Waals surface area contributed by atoms with Crippen LogP contribution in [0.4, 0.5) is 0 Å². The Morgan fingerprint density at radius 2 is 1.86 bits per heavy atom. The van der Waals surface area contributed by atoms with Crippen molar-refractivity contribution in [2.24, 2.45) is 5.92 Å². The maximum Gasteiger partial charge on any atom is 0.329 e. The van der Waals surface area contributed by atoms with Gasteiger partial charge in [0, 0.05) is 0 Å². The number of ether oxygens (including phenoxy) is 1. The molecule has 116 valence electrons. The molecule has 1 atom stereocenters. The molecule has 1 N–H and O–H groups in total. The van der Waals surface area contributed by atoms with Crippen LogP contribution < -0.4 is 5.32 Å². The molecule has 0 saturated heterocycles. The van der Waals surface area contributed by atoms with Gasteiger partial charge in [-0.1, -0.05) is 25.4 Å². The number of halogens is 1. The standard InChI is InChI=1S/C14H20ClN3O3/c1-8(2)11(13(20)21-14(3,4)5)18-12(19)9-6-17-10(15)7-16-9/h6-8,11H,1-5H3,(H,18,19)/t11-/m1/s1. The smallest absolute Gasteiger partial charge is 0.329 e. The van der Waals surface area contributed by atoms with Crippen molar-refractivity contribution in [3.8, 4) is 0 Å². The Hall–Kier alpha value is -1.69. The maximum atomic E-state index is 12.1. The number of carbonyl (C=O) groups is 2. The molecule has 0 fully saturated rings. The first-order valence-corrected chi connectivity index (χ1v) is 6.99. The van der Waals surface area contributed by atoms with Crippen molar-refractivity contribution >= 4 is 23.5 Å². The Balaban J connectivity index is 2.81. The lowest BCUT2D eigenvalue weighted by Gasteiger charge is -2.26. The van der Waals surface area contributed by atoms with E-state index >= 15 is 0 Å². The molecular weight excluding hydrogens is 294 g/mol. The Bertz CT molecular complexity index is 509. The van der Waals surface area contributed by atoms with E-state index in [4.69, 9.17) is 16.3 Å². The van der Waals surface area contributed by atoms with Crippen molar-refractivity contribution in [2.45, 2.75) is 46.3 Å². The van der Waals surface area contributed by atoms with Gasteiger partial charge in [-0.05, 0) is 26.7 Å². The van der Waals surface area contributed by atoms with E-state index in [1.807, 2.05) is 13.8 Å². The molecule has 0 spiro atoms. The SMILES string of the molecule is CC(C)[C@@H](NC(=O)c1cnc(Cl)cn1)C(=O)OC(C)(C)C. The second-order valence-electron chi connectivity index (χ2n) is 5.95. The normalized spacial score (nSPS) is 12.9. The molecule has 1 aromatic rings. The molecule has 0 aliphatic heterocycles. The first kappa shape index (κ1) is 17.4. The lowest BCUT2D eigenvalue weighted by molar-refractivity contribution is -0.158. The third-order valence-electron chi connectivity index (χ3n) is 2.47. The van der Waals surface area contributed by atoms with Gasteiger partial charge in [-0.3, -0.25) is 4.79 Å². The lowest BCUT2D eigenvalue weighted by Crippen LogP contribution is -2.47. The molecule has 0 aliphatic rings. The first-order chi connectivity index (χ1) is 9.60. The molecule has 1 rings (SSSR count). The average Bonchev–Trinajstić information content (AvgIpc) is 2.33. The van der Waals surface area contributed by atoms with E-state index in [9.17, 15) is 9.59 Å². The highest BCUT2D eigenvalue weighted by Gasteiger charge is 2.29. The zero-order valence-electron chi connectivity index (χ0n) is 12.8. The predicted octanol–water partition coefficient (Wildman–Crippen LogP) is 2.23. The van der Waals surface area contributed by atoms with Crippen molar-refractivity contribution in [3.05, 3.63) is 23.2 Å². The summed E-state index contributed by atoms with van der Waals surface area (Å²) in [4.78, 5) is 31.9. The van der Waals surface area contributed by atoms with Crippen molar-refractivity contribution < 1.29 is 14.3 Å². The summed E-state index contributed by atoms with van der Waals surface area (Å²) in [7, 11) is 0. The number of esters is 1. The molecule has 21 heavy (non-hydrogen) atoms. The fourth-order valence-corrected chi connectivity index (χ4v) is 1.61.